The molecule has 4 nitrogen and oxygen atoms in total. The first-order valence-corrected chi connectivity index (χ1v) is 10.8. The molecule has 0 fully saturated rings. The van der Waals surface area contributed by atoms with Gasteiger partial charge < -0.3 is 9.11 Å². The average Bonchev–Trinajstić information content (AvgIpc) is 2.64. The number of thiol groups is 3. The molecule has 0 aliphatic carbocycles. The topological polar surface area (TPSA) is 80.3 Å². The maximum Gasteiger partial charge on any atom is 2.00 e. The Balaban J connectivity index is 0.000000390. The average molecular weight is 522 g/mol. The fourth-order valence-corrected chi connectivity index (χ4v) is 2.73. The first-order chi connectivity index (χ1) is 12.8. The Morgan fingerprint density at radius 2 is 0.821 bits per heavy atom. The van der Waals surface area contributed by atoms with Crippen molar-refractivity contribution in [2.24, 2.45) is 0 Å². The molecule has 0 aliphatic rings. The summed E-state index contributed by atoms with van der Waals surface area (Å²) in [5, 5.41) is 0. The Labute approximate surface area is 199 Å². The van der Waals surface area contributed by atoms with Crippen LogP contribution < -0.4 is 0 Å². The van der Waals surface area contributed by atoms with Gasteiger partial charge in [-0.25, -0.2) is 0 Å². The fourth-order valence-electron chi connectivity index (χ4n) is 1.54. The fraction of sp³-hybridized carbons (Fsp3) is 0. The monoisotopic (exact) mass is 520 g/mol. The van der Waals surface area contributed by atoms with Gasteiger partial charge in [-0.05, 0) is 82.8 Å². The van der Waals surface area contributed by atoms with Crippen LogP contribution in [0.4, 0.5) is 0 Å². The molecule has 10 heteroatoms. The van der Waals surface area contributed by atoms with Crippen molar-refractivity contribution in [2.75, 3.05) is 0 Å². The normalized spacial score (nSPS) is 11.5. The van der Waals surface area contributed by atoms with Crippen LogP contribution in [0.2, 0.25) is 0 Å². The van der Waals surface area contributed by atoms with E-state index in [0.29, 0.717) is 0 Å². The van der Waals surface area contributed by atoms with E-state index in [9.17, 15) is 17.5 Å². The zero-order valence-electron chi connectivity index (χ0n) is 14.5. The van der Waals surface area contributed by atoms with E-state index in [-0.39, 0.29) is 29.3 Å². The third-order valence-electron chi connectivity index (χ3n) is 2.81. The molecule has 3 aromatic carbocycles. The Hall–Kier alpha value is -0.447. The number of hydrogen-bond acceptors (Lipinski definition) is 7. The van der Waals surface area contributed by atoms with E-state index in [1.54, 1.807) is 24.3 Å². The minimum absolute atomic E-state index is 0. The van der Waals surface area contributed by atoms with E-state index >= 15 is 0 Å². The van der Waals surface area contributed by atoms with Crippen molar-refractivity contribution >= 4 is 60.0 Å². The Bertz CT molecular complexity index is 804. The summed E-state index contributed by atoms with van der Waals surface area (Å²) in [6.45, 7) is 0. The van der Waals surface area contributed by atoms with E-state index in [1.165, 1.54) is 24.3 Å². The van der Waals surface area contributed by atoms with E-state index < -0.39 is 22.2 Å². The van der Waals surface area contributed by atoms with Crippen LogP contribution >= 0.6 is 37.9 Å². The van der Waals surface area contributed by atoms with Crippen molar-refractivity contribution in [3.05, 3.63) is 78.9 Å². The predicted octanol–water partition coefficient (Wildman–Crippen LogP) is 4.40. The van der Waals surface area contributed by atoms with Crippen LogP contribution in [0, 0.1) is 0 Å². The standard InChI is InChI=1S/2C6H6O2S2.C6H6S.Zn/c2*7-10(8)6-3-1-5(9)2-4-6;7-6-4-2-1-3-5-6;/h2*1-4,9H,(H,7,8);1-5,7H;/q;;;+2/p-2. The molecule has 144 valence electrons. The predicted molar refractivity (Wildman–Crippen MR) is 115 cm³/mol. The first kappa shape index (κ1) is 27.6. The first-order valence-electron chi connectivity index (χ1n) is 7.30. The van der Waals surface area contributed by atoms with Crippen LogP contribution in [0.25, 0.3) is 0 Å². The number of benzene rings is 3. The van der Waals surface area contributed by atoms with Gasteiger partial charge in [-0.2, -0.15) is 0 Å². The summed E-state index contributed by atoms with van der Waals surface area (Å²) in [5.74, 6) is 0. The number of rotatable bonds is 2. The van der Waals surface area contributed by atoms with Gasteiger partial charge in [0.15, 0.2) is 0 Å². The molecule has 2 unspecified atom stereocenters. The summed E-state index contributed by atoms with van der Waals surface area (Å²) in [7, 11) is 0. The summed E-state index contributed by atoms with van der Waals surface area (Å²) in [6.07, 6.45) is 0. The zero-order chi connectivity index (χ0) is 20.2. The molecule has 0 saturated heterocycles. The molecule has 0 amide bonds. The van der Waals surface area contributed by atoms with E-state index in [0.717, 1.165) is 14.7 Å². The Morgan fingerprint density at radius 3 is 1.04 bits per heavy atom. The van der Waals surface area contributed by atoms with Gasteiger partial charge in [-0.1, -0.05) is 18.2 Å². The quantitative estimate of drug-likeness (QED) is 0.265. The molecule has 0 heterocycles. The summed E-state index contributed by atoms with van der Waals surface area (Å²) >= 11 is 7.84. The van der Waals surface area contributed by atoms with Crippen LogP contribution in [-0.4, -0.2) is 17.5 Å². The molecular weight excluding hydrogens is 506 g/mol. The molecule has 0 aromatic heterocycles. The third kappa shape index (κ3) is 12.2. The summed E-state index contributed by atoms with van der Waals surface area (Å²) in [4.78, 5) is 3.11. The van der Waals surface area contributed by atoms with Gasteiger partial charge >= 0.3 is 19.5 Å². The largest absolute Gasteiger partial charge is 2.00 e. The van der Waals surface area contributed by atoms with Crippen LogP contribution in [0.5, 0.6) is 0 Å². The van der Waals surface area contributed by atoms with Crippen molar-refractivity contribution < 1.29 is 37.0 Å². The minimum atomic E-state index is -2.12. The van der Waals surface area contributed by atoms with Crippen molar-refractivity contribution in [2.45, 2.75) is 24.5 Å². The molecule has 0 radical (unpaired) electrons. The molecule has 0 bridgehead atoms. The third-order valence-corrected chi connectivity index (χ3v) is 5.02. The SMILES string of the molecule is O=S([O-])c1ccc(S)cc1.O=S([O-])c1ccc(S)cc1.Sc1ccccc1.[Zn+2]. The molecule has 3 rings (SSSR count). The van der Waals surface area contributed by atoms with Crippen molar-refractivity contribution in [3.63, 3.8) is 0 Å². The maximum atomic E-state index is 10.3. The Morgan fingerprint density at radius 1 is 0.536 bits per heavy atom. The van der Waals surface area contributed by atoms with Crippen molar-refractivity contribution in [1.29, 1.82) is 0 Å². The van der Waals surface area contributed by atoms with E-state index in [2.05, 4.69) is 37.9 Å². The van der Waals surface area contributed by atoms with Crippen molar-refractivity contribution in [3.8, 4) is 0 Å². The summed E-state index contributed by atoms with van der Waals surface area (Å²) < 4.78 is 41.1. The second-order valence-electron chi connectivity index (χ2n) is 4.79. The number of hydrogen-bond donors (Lipinski definition) is 3. The summed E-state index contributed by atoms with van der Waals surface area (Å²) in [5.41, 5.74) is 0. The van der Waals surface area contributed by atoms with Gasteiger partial charge in [-0.3, -0.25) is 8.42 Å². The van der Waals surface area contributed by atoms with E-state index in [4.69, 9.17) is 0 Å². The van der Waals surface area contributed by atoms with Crippen LogP contribution in [0.3, 0.4) is 0 Å². The Kier molecular flexibility index (Phi) is 15.2. The molecule has 28 heavy (non-hydrogen) atoms. The molecule has 0 N–H and O–H groups in total. The van der Waals surface area contributed by atoms with Crippen LogP contribution in [-0.2, 0) is 41.6 Å². The van der Waals surface area contributed by atoms with E-state index in [1.807, 2.05) is 30.3 Å². The van der Waals surface area contributed by atoms with Gasteiger partial charge in [0, 0.05) is 24.5 Å². The second-order valence-corrected chi connectivity index (χ2v) is 8.22. The molecule has 2 atom stereocenters. The molecule has 0 aliphatic heterocycles. The minimum Gasteiger partial charge on any atom is -0.768 e. The van der Waals surface area contributed by atoms with Crippen LogP contribution in [0.1, 0.15) is 0 Å². The van der Waals surface area contributed by atoms with Gasteiger partial charge in [0.25, 0.3) is 0 Å². The maximum absolute atomic E-state index is 10.3. The van der Waals surface area contributed by atoms with Gasteiger partial charge in [0.05, 0.1) is 0 Å². The summed E-state index contributed by atoms with van der Waals surface area (Å²) in [6, 6.07) is 22.3. The van der Waals surface area contributed by atoms with Gasteiger partial charge in [0.1, 0.15) is 0 Å². The molecule has 0 saturated carbocycles. The second kappa shape index (κ2) is 15.4. The smallest absolute Gasteiger partial charge is 0.768 e. The zero-order valence-corrected chi connectivity index (χ0v) is 21.8. The van der Waals surface area contributed by atoms with Gasteiger partial charge in [-0.15, -0.1) is 37.9 Å². The molecule has 3 aromatic rings. The van der Waals surface area contributed by atoms with Crippen molar-refractivity contribution in [1.82, 2.24) is 0 Å². The van der Waals surface area contributed by atoms with Crippen LogP contribution in [0.15, 0.2) is 103 Å². The molecular formula is C18H16O4S5Zn. The van der Waals surface area contributed by atoms with Gasteiger partial charge in [0.2, 0.25) is 0 Å². The molecule has 0 spiro atoms.